The third-order valence-corrected chi connectivity index (χ3v) is 5.45. The maximum absolute atomic E-state index is 12.2. The molecule has 0 aliphatic heterocycles. The van der Waals surface area contributed by atoms with Crippen LogP contribution in [-0.2, 0) is 19.6 Å². The van der Waals surface area contributed by atoms with Crippen molar-refractivity contribution in [1.29, 1.82) is 0 Å². The smallest absolute Gasteiger partial charge is 0.240 e. The first-order valence-corrected chi connectivity index (χ1v) is 9.48. The Morgan fingerprint density at radius 1 is 1.29 bits per heavy atom. The summed E-state index contributed by atoms with van der Waals surface area (Å²) in [5.41, 5.74) is 0.596. The fourth-order valence-corrected chi connectivity index (χ4v) is 3.84. The molecule has 0 aromatic heterocycles. The predicted octanol–water partition coefficient (Wildman–Crippen LogP) is 2.29. The van der Waals surface area contributed by atoms with Crippen LogP contribution in [0.25, 0.3) is 0 Å². The number of rotatable bonds is 7. The summed E-state index contributed by atoms with van der Waals surface area (Å²) < 4.78 is 31.9. The molecule has 0 radical (unpaired) electrons. The molecule has 0 spiro atoms. The van der Waals surface area contributed by atoms with Crippen LogP contribution in [0, 0.1) is 5.92 Å². The highest BCUT2D eigenvalue weighted by Crippen LogP contribution is 2.21. The first-order valence-electron chi connectivity index (χ1n) is 7.99. The van der Waals surface area contributed by atoms with Crippen LogP contribution in [-0.4, -0.2) is 34.1 Å². The minimum Gasteiger partial charge on any atom is -0.383 e. The largest absolute Gasteiger partial charge is 0.383 e. The quantitative estimate of drug-likeness (QED) is 0.738. The van der Waals surface area contributed by atoms with Gasteiger partial charge in [-0.05, 0) is 50.5 Å². The summed E-state index contributed by atoms with van der Waals surface area (Å²) in [5.74, 6) is -0.0447. The second-order valence-electron chi connectivity index (χ2n) is 5.97. The molecule has 0 bridgehead atoms. The third kappa shape index (κ3) is 5.15. The van der Waals surface area contributed by atoms with Gasteiger partial charge in [-0.15, -0.1) is 0 Å². The van der Waals surface area contributed by atoms with Crippen LogP contribution in [0.2, 0.25) is 0 Å². The summed E-state index contributed by atoms with van der Waals surface area (Å²) in [6.45, 7) is 2.03. The number of sulfonamides is 1. The highest BCUT2D eigenvalue weighted by atomic mass is 32.2. The van der Waals surface area contributed by atoms with Crippen molar-refractivity contribution in [2.24, 2.45) is 5.92 Å². The van der Waals surface area contributed by atoms with Crippen LogP contribution in [0.3, 0.4) is 0 Å². The van der Waals surface area contributed by atoms with Gasteiger partial charge in [-0.3, -0.25) is 4.79 Å². The van der Waals surface area contributed by atoms with E-state index in [0.717, 1.165) is 19.3 Å². The topological polar surface area (TPSA) is 84.5 Å². The minimum atomic E-state index is -3.60. The van der Waals surface area contributed by atoms with Crippen molar-refractivity contribution < 1.29 is 17.9 Å². The van der Waals surface area contributed by atoms with Gasteiger partial charge in [0.2, 0.25) is 15.9 Å². The van der Waals surface area contributed by atoms with E-state index in [0.29, 0.717) is 12.3 Å². The highest BCUT2D eigenvalue weighted by Gasteiger charge is 2.20. The Morgan fingerprint density at radius 3 is 2.58 bits per heavy atom. The van der Waals surface area contributed by atoms with Gasteiger partial charge in [0.1, 0.15) is 0 Å². The molecule has 7 heteroatoms. The number of carbonyl (C=O) groups excluding carboxylic acids is 1. The maximum Gasteiger partial charge on any atom is 0.240 e. The maximum atomic E-state index is 12.2. The number of methoxy groups -OCH3 is 1. The second kappa shape index (κ2) is 8.41. The van der Waals surface area contributed by atoms with Crippen molar-refractivity contribution in [3.63, 3.8) is 0 Å². The van der Waals surface area contributed by atoms with Crippen molar-refractivity contribution in [3.8, 4) is 0 Å². The van der Waals surface area contributed by atoms with E-state index >= 15 is 0 Å². The lowest BCUT2D eigenvalue weighted by Gasteiger charge is -2.17. The molecule has 0 saturated carbocycles. The molecular weight excluding hydrogens is 328 g/mol. The first kappa shape index (κ1) is 18.6. The van der Waals surface area contributed by atoms with Gasteiger partial charge in [0.25, 0.3) is 0 Å². The van der Waals surface area contributed by atoms with Gasteiger partial charge in [0.15, 0.2) is 0 Å². The number of ether oxygens (including phenoxy) is 1. The highest BCUT2D eigenvalue weighted by molar-refractivity contribution is 7.89. The van der Waals surface area contributed by atoms with Crippen molar-refractivity contribution in [2.75, 3.05) is 19.0 Å². The average Bonchev–Trinajstić information content (AvgIpc) is 2.56. The lowest BCUT2D eigenvalue weighted by Crippen LogP contribution is -2.35. The summed E-state index contributed by atoms with van der Waals surface area (Å²) >= 11 is 0. The molecule has 2 rings (SSSR count). The van der Waals surface area contributed by atoms with Crippen molar-refractivity contribution in [2.45, 2.75) is 37.1 Å². The Kier molecular flexibility index (Phi) is 6.53. The molecule has 0 heterocycles. The zero-order valence-electron chi connectivity index (χ0n) is 14.0. The Morgan fingerprint density at radius 2 is 2.00 bits per heavy atom. The van der Waals surface area contributed by atoms with E-state index in [1.807, 2.05) is 6.08 Å². The fraction of sp³-hybridized carbons (Fsp3) is 0.471. The Balaban J connectivity index is 1.99. The molecule has 2 N–H and O–H groups in total. The number of allylic oxidation sites excluding steroid dienone is 2. The molecule has 6 nitrogen and oxygen atoms in total. The average molecular weight is 352 g/mol. The van der Waals surface area contributed by atoms with Gasteiger partial charge in [-0.2, -0.15) is 0 Å². The van der Waals surface area contributed by atoms with E-state index in [1.54, 1.807) is 19.1 Å². The van der Waals surface area contributed by atoms with Crippen molar-refractivity contribution in [1.82, 2.24) is 4.72 Å². The van der Waals surface area contributed by atoms with Crippen LogP contribution in [0.4, 0.5) is 5.69 Å². The van der Waals surface area contributed by atoms with Gasteiger partial charge in [-0.1, -0.05) is 12.2 Å². The summed E-state index contributed by atoms with van der Waals surface area (Å²) in [5, 5.41) is 2.84. The number of amides is 1. The van der Waals surface area contributed by atoms with Crippen LogP contribution >= 0.6 is 0 Å². The van der Waals surface area contributed by atoms with Gasteiger partial charge in [-0.25, -0.2) is 13.1 Å². The minimum absolute atomic E-state index is 0.0185. The molecular formula is C17H24N2O4S. The molecule has 24 heavy (non-hydrogen) atoms. The van der Waals surface area contributed by atoms with E-state index in [1.165, 1.54) is 19.2 Å². The van der Waals surface area contributed by atoms with E-state index in [-0.39, 0.29) is 22.8 Å². The van der Waals surface area contributed by atoms with E-state index in [2.05, 4.69) is 16.1 Å². The summed E-state index contributed by atoms with van der Waals surface area (Å²) in [6.07, 6.45) is 6.62. The van der Waals surface area contributed by atoms with Gasteiger partial charge >= 0.3 is 0 Å². The molecule has 0 fully saturated rings. The summed E-state index contributed by atoms with van der Waals surface area (Å²) in [7, 11) is -2.08. The number of anilines is 1. The zero-order chi connectivity index (χ0) is 17.6. The molecule has 1 amide bonds. The zero-order valence-corrected chi connectivity index (χ0v) is 14.8. The molecule has 0 unspecified atom stereocenters. The first-order chi connectivity index (χ1) is 11.4. The molecule has 2 atom stereocenters. The van der Waals surface area contributed by atoms with Crippen LogP contribution < -0.4 is 10.0 Å². The molecule has 1 aromatic rings. The lowest BCUT2D eigenvalue weighted by atomic mass is 9.93. The normalized spacial score (nSPS) is 19.0. The van der Waals surface area contributed by atoms with E-state index < -0.39 is 10.0 Å². The Hall–Kier alpha value is -1.70. The van der Waals surface area contributed by atoms with Crippen molar-refractivity contribution in [3.05, 3.63) is 36.4 Å². The molecule has 1 aromatic carbocycles. The number of hydrogen-bond acceptors (Lipinski definition) is 4. The Bertz CT molecular complexity index is 683. The second-order valence-corrected chi connectivity index (χ2v) is 7.69. The molecule has 1 aliphatic rings. The Labute approximate surface area is 143 Å². The number of carbonyl (C=O) groups is 1. The number of hydrogen-bond donors (Lipinski definition) is 2. The van der Waals surface area contributed by atoms with Gasteiger partial charge < -0.3 is 10.1 Å². The van der Waals surface area contributed by atoms with Gasteiger partial charge in [0, 0.05) is 24.8 Å². The third-order valence-electron chi connectivity index (χ3n) is 3.85. The van der Waals surface area contributed by atoms with E-state index in [4.69, 9.17) is 4.74 Å². The van der Waals surface area contributed by atoms with Crippen LogP contribution in [0.15, 0.2) is 41.3 Å². The predicted molar refractivity (Wildman–Crippen MR) is 93.2 cm³/mol. The molecule has 132 valence electrons. The number of benzene rings is 1. The van der Waals surface area contributed by atoms with Crippen LogP contribution in [0.5, 0.6) is 0 Å². The monoisotopic (exact) mass is 352 g/mol. The lowest BCUT2D eigenvalue weighted by molar-refractivity contribution is -0.120. The number of nitrogens with one attached hydrogen (secondary N) is 2. The van der Waals surface area contributed by atoms with Gasteiger partial charge in [0.05, 0.1) is 11.5 Å². The standard InChI is InChI=1S/C17H24N2O4S/c1-13(12-23-2)19-24(21,22)16-10-8-15(9-11-16)18-17(20)14-6-4-3-5-7-14/h3-4,8-11,13-14,19H,5-7,12H2,1-2H3,(H,18,20)/t13-,14-/m0/s1. The molecule has 0 saturated heterocycles. The van der Waals surface area contributed by atoms with Crippen molar-refractivity contribution >= 4 is 21.6 Å². The SMILES string of the molecule is COC[C@H](C)NS(=O)(=O)c1ccc(NC(=O)[C@H]2CC=CCC2)cc1. The van der Waals surface area contributed by atoms with E-state index in [9.17, 15) is 13.2 Å². The van der Waals surface area contributed by atoms with Crippen LogP contribution in [0.1, 0.15) is 26.2 Å². The summed E-state index contributed by atoms with van der Waals surface area (Å²) in [6, 6.07) is 5.85. The fourth-order valence-electron chi connectivity index (χ4n) is 2.61. The summed E-state index contributed by atoms with van der Waals surface area (Å²) in [4.78, 5) is 12.3. The molecule has 1 aliphatic carbocycles.